The van der Waals surface area contributed by atoms with Crippen LogP contribution in [0.2, 0.25) is 0 Å². The molecule has 0 unspecified atom stereocenters. The third-order valence-electron chi connectivity index (χ3n) is 2.07. The van der Waals surface area contributed by atoms with Crippen LogP contribution in [0.4, 0.5) is 0 Å². The SMILES string of the molecule is CCC/C=C/C[N+](=CC(C)C)CC(C)C.[Cl-]. The molecule has 0 aliphatic heterocycles. The van der Waals surface area contributed by atoms with Crippen molar-refractivity contribution < 1.29 is 17.0 Å². The van der Waals surface area contributed by atoms with Gasteiger partial charge in [0.15, 0.2) is 6.54 Å². The molecule has 0 saturated heterocycles. The number of rotatable bonds is 7. The van der Waals surface area contributed by atoms with Crippen molar-refractivity contribution in [3.63, 3.8) is 0 Å². The van der Waals surface area contributed by atoms with Gasteiger partial charge in [-0.3, -0.25) is 0 Å². The van der Waals surface area contributed by atoms with Crippen molar-refractivity contribution in [2.75, 3.05) is 13.1 Å². The van der Waals surface area contributed by atoms with Gasteiger partial charge in [0.05, 0.1) is 0 Å². The van der Waals surface area contributed by atoms with E-state index in [1.165, 1.54) is 12.8 Å². The number of allylic oxidation sites excluding steroid dienone is 1. The third kappa shape index (κ3) is 11.8. The van der Waals surface area contributed by atoms with E-state index < -0.39 is 0 Å². The first kappa shape index (κ1) is 18.1. The maximum absolute atomic E-state index is 2.43. The molecule has 0 fully saturated rings. The van der Waals surface area contributed by atoms with Crippen molar-refractivity contribution in [3.05, 3.63) is 12.2 Å². The van der Waals surface area contributed by atoms with E-state index in [2.05, 4.69) is 57.6 Å². The van der Waals surface area contributed by atoms with Crippen LogP contribution in [0.5, 0.6) is 0 Å². The topological polar surface area (TPSA) is 3.01 Å². The van der Waals surface area contributed by atoms with Gasteiger partial charge in [0.2, 0.25) is 0 Å². The Hall–Kier alpha value is -0.300. The fourth-order valence-electron chi connectivity index (χ4n) is 1.58. The molecule has 0 heterocycles. The Bertz CT molecular complexity index is 205. The van der Waals surface area contributed by atoms with Gasteiger partial charge in [0, 0.05) is 11.8 Å². The Morgan fingerprint density at radius 3 is 2.12 bits per heavy atom. The molecule has 0 aromatic heterocycles. The lowest BCUT2D eigenvalue weighted by Crippen LogP contribution is -3.00. The molecule has 0 radical (unpaired) electrons. The van der Waals surface area contributed by atoms with Gasteiger partial charge in [-0.05, 0) is 12.5 Å². The van der Waals surface area contributed by atoms with Gasteiger partial charge in [-0.1, -0.05) is 47.1 Å². The maximum atomic E-state index is 2.43. The van der Waals surface area contributed by atoms with Gasteiger partial charge in [0.1, 0.15) is 12.8 Å². The third-order valence-corrected chi connectivity index (χ3v) is 2.07. The number of unbranched alkanes of at least 4 members (excludes halogenated alkanes) is 1. The molecule has 0 aliphatic carbocycles. The van der Waals surface area contributed by atoms with Crippen LogP contribution in [0.15, 0.2) is 12.2 Å². The zero-order valence-electron chi connectivity index (χ0n) is 11.5. The van der Waals surface area contributed by atoms with Crippen LogP contribution in [-0.2, 0) is 0 Å². The van der Waals surface area contributed by atoms with E-state index in [1.54, 1.807) is 0 Å². The fraction of sp³-hybridized carbons (Fsp3) is 0.786. The molecule has 0 aromatic carbocycles. The minimum atomic E-state index is 0. The van der Waals surface area contributed by atoms with E-state index in [0.29, 0.717) is 5.92 Å². The minimum Gasteiger partial charge on any atom is -1.00 e. The second-order valence-corrected chi connectivity index (χ2v) is 5.00. The van der Waals surface area contributed by atoms with Crippen molar-refractivity contribution in [3.8, 4) is 0 Å². The van der Waals surface area contributed by atoms with Crippen molar-refractivity contribution in [1.82, 2.24) is 0 Å². The summed E-state index contributed by atoms with van der Waals surface area (Å²) in [7, 11) is 0. The van der Waals surface area contributed by atoms with E-state index >= 15 is 0 Å². The van der Waals surface area contributed by atoms with Gasteiger partial charge in [-0.2, -0.15) is 0 Å². The summed E-state index contributed by atoms with van der Waals surface area (Å²) >= 11 is 0. The molecule has 0 aliphatic rings. The zero-order chi connectivity index (χ0) is 11.7. The molecule has 2 heteroatoms. The Labute approximate surface area is 108 Å². The molecule has 0 spiro atoms. The molecular weight excluding hydrogens is 218 g/mol. The molecular formula is C14H28ClN. The predicted molar refractivity (Wildman–Crippen MR) is 69.8 cm³/mol. The molecule has 0 bridgehead atoms. The van der Waals surface area contributed by atoms with E-state index in [0.717, 1.165) is 19.0 Å². The molecule has 0 aromatic rings. The quantitative estimate of drug-likeness (QED) is 0.354. The molecule has 0 amide bonds. The van der Waals surface area contributed by atoms with Gasteiger partial charge in [-0.15, -0.1) is 0 Å². The lowest BCUT2D eigenvalue weighted by atomic mass is 10.2. The van der Waals surface area contributed by atoms with E-state index in [1.807, 2.05) is 0 Å². The summed E-state index contributed by atoms with van der Waals surface area (Å²) < 4.78 is 2.43. The first-order valence-electron chi connectivity index (χ1n) is 6.30. The summed E-state index contributed by atoms with van der Waals surface area (Å²) in [6.45, 7) is 13.5. The normalized spacial score (nSPS) is 12.6. The zero-order valence-corrected chi connectivity index (χ0v) is 12.3. The van der Waals surface area contributed by atoms with Crippen LogP contribution in [-0.4, -0.2) is 23.9 Å². The molecule has 0 N–H and O–H groups in total. The molecule has 0 saturated carbocycles. The van der Waals surface area contributed by atoms with E-state index in [4.69, 9.17) is 0 Å². The highest BCUT2D eigenvalue weighted by Crippen LogP contribution is 1.96. The number of hydrogen-bond donors (Lipinski definition) is 0. The van der Waals surface area contributed by atoms with E-state index in [9.17, 15) is 0 Å². The van der Waals surface area contributed by atoms with Gasteiger partial charge in [0.25, 0.3) is 0 Å². The summed E-state index contributed by atoms with van der Waals surface area (Å²) in [4.78, 5) is 0. The Kier molecular flexibility index (Phi) is 12.6. The number of nitrogens with zero attached hydrogens (tertiary/aromatic N) is 1. The van der Waals surface area contributed by atoms with Crippen LogP contribution in [0, 0.1) is 11.8 Å². The van der Waals surface area contributed by atoms with Crippen molar-refractivity contribution >= 4 is 6.21 Å². The summed E-state index contributed by atoms with van der Waals surface area (Å²) in [5, 5.41) is 0. The van der Waals surface area contributed by atoms with Crippen LogP contribution in [0.1, 0.15) is 47.5 Å². The molecule has 16 heavy (non-hydrogen) atoms. The lowest BCUT2D eigenvalue weighted by Gasteiger charge is -2.05. The largest absolute Gasteiger partial charge is 1.00 e. The lowest BCUT2D eigenvalue weighted by molar-refractivity contribution is -0.521. The highest BCUT2D eigenvalue weighted by Gasteiger charge is 2.06. The maximum Gasteiger partial charge on any atom is 0.161 e. The fourth-order valence-corrected chi connectivity index (χ4v) is 1.58. The summed E-state index contributed by atoms with van der Waals surface area (Å²) in [5.74, 6) is 1.38. The Balaban J connectivity index is 0. The molecule has 96 valence electrons. The van der Waals surface area contributed by atoms with Crippen LogP contribution >= 0.6 is 0 Å². The van der Waals surface area contributed by atoms with Crippen molar-refractivity contribution in [2.45, 2.75) is 47.5 Å². The Morgan fingerprint density at radius 2 is 1.69 bits per heavy atom. The molecule has 0 rings (SSSR count). The predicted octanol–water partition coefficient (Wildman–Crippen LogP) is 0.742. The average Bonchev–Trinajstić information content (AvgIpc) is 2.10. The summed E-state index contributed by atoms with van der Waals surface area (Å²) in [6.07, 6.45) is 9.38. The first-order chi connectivity index (χ1) is 7.06. The van der Waals surface area contributed by atoms with Crippen LogP contribution in [0.25, 0.3) is 0 Å². The Morgan fingerprint density at radius 1 is 1.06 bits per heavy atom. The van der Waals surface area contributed by atoms with Crippen molar-refractivity contribution in [2.24, 2.45) is 11.8 Å². The monoisotopic (exact) mass is 245 g/mol. The van der Waals surface area contributed by atoms with Gasteiger partial charge in [-0.25, -0.2) is 4.58 Å². The second kappa shape index (κ2) is 11.2. The van der Waals surface area contributed by atoms with Gasteiger partial charge < -0.3 is 12.4 Å². The minimum absolute atomic E-state index is 0. The first-order valence-corrected chi connectivity index (χ1v) is 6.30. The van der Waals surface area contributed by atoms with E-state index in [-0.39, 0.29) is 12.4 Å². The average molecular weight is 246 g/mol. The summed E-state index contributed by atoms with van der Waals surface area (Å²) in [6, 6.07) is 0. The standard InChI is InChI=1S/C14H28N.ClH/c1-6-7-8-9-10-15(11-13(2)3)12-14(4)5;/h8-9,11,13-14H,6-7,10,12H2,1-5H3;1H/q+1;/p-1/b9-8+,15-11?;. The summed E-state index contributed by atoms with van der Waals surface area (Å²) in [5.41, 5.74) is 0. The van der Waals surface area contributed by atoms with Crippen LogP contribution < -0.4 is 12.4 Å². The second-order valence-electron chi connectivity index (χ2n) is 5.00. The smallest absolute Gasteiger partial charge is 0.161 e. The van der Waals surface area contributed by atoms with Crippen LogP contribution in [0.3, 0.4) is 0 Å². The molecule has 0 atom stereocenters. The number of hydrogen-bond acceptors (Lipinski definition) is 0. The number of halogens is 1. The highest BCUT2D eigenvalue weighted by molar-refractivity contribution is 5.53. The van der Waals surface area contributed by atoms with Crippen molar-refractivity contribution in [1.29, 1.82) is 0 Å². The molecule has 1 nitrogen and oxygen atoms in total. The highest BCUT2D eigenvalue weighted by atomic mass is 35.5. The van der Waals surface area contributed by atoms with Gasteiger partial charge >= 0.3 is 0 Å².